The van der Waals surface area contributed by atoms with Crippen LogP contribution in [0.15, 0.2) is 36.4 Å². The van der Waals surface area contributed by atoms with Gasteiger partial charge in [0, 0.05) is 18.9 Å². The second kappa shape index (κ2) is 13.5. The third kappa shape index (κ3) is 8.42. The zero-order valence-corrected chi connectivity index (χ0v) is 21.8. The normalized spacial score (nSPS) is 12.3. The Morgan fingerprint density at radius 1 is 1.12 bits per heavy atom. The number of hydrogen-bond donors (Lipinski definition) is 2. The first-order chi connectivity index (χ1) is 15.7. The lowest BCUT2D eigenvalue weighted by Gasteiger charge is -2.27. The fourth-order valence-corrected chi connectivity index (χ4v) is 4.08. The number of esters is 1. The largest absolute Gasteiger partial charge is 0.494 e. The smallest absolute Gasteiger partial charge is 0.303 e. The van der Waals surface area contributed by atoms with Crippen LogP contribution >= 0.6 is 47.0 Å². The molecule has 0 fully saturated rings. The van der Waals surface area contributed by atoms with Crippen LogP contribution in [0.2, 0.25) is 10.0 Å². The molecular formula is C23H28Cl3NO5S. The summed E-state index contributed by atoms with van der Waals surface area (Å²) in [7, 11) is 0. The standard InChI is InChI=1S/C23H28Cl3NO5S/c1-15(28)32-19(13-24)14-31-22-20(25)11-17(12-21(22)26)23(2,3)16-5-7-18(8-6-16)30-10-4-9-27-33-29/h5-8,11-12,19,27,29H,4,9-10,13-14H2,1-3H3. The number of halogens is 3. The molecule has 0 heterocycles. The molecule has 10 heteroatoms. The molecule has 2 N–H and O–H groups in total. The second-order valence-corrected chi connectivity index (χ2v) is 9.40. The number of hydrogen-bond acceptors (Lipinski definition) is 7. The van der Waals surface area contributed by atoms with Gasteiger partial charge in [0.15, 0.2) is 5.75 Å². The molecule has 0 saturated heterocycles. The van der Waals surface area contributed by atoms with E-state index in [1.807, 2.05) is 36.4 Å². The van der Waals surface area contributed by atoms with Gasteiger partial charge in [-0.05, 0) is 41.8 Å². The maximum absolute atomic E-state index is 11.2. The Morgan fingerprint density at radius 2 is 1.76 bits per heavy atom. The Labute approximate surface area is 214 Å². The molecule has 182 valence electrons. The van der Waals surface area contributed by atoms with Gasteiger partial charge in [0.25, 0.3) is 0 Å². The second-order valence-electron chi connectivity index (χ2n) is 7.80. The summed E-state index contributed by atoms with van der Waals surface area (Å²) in [5.74, 6) is 0.747. The molecule has 0 aliphatic carbocycles. The minimum absolute atomic E-state index is 0.0433. The molecule has 0 bridgehead atoms. The van der Waals surface area contributed by atoms with Gasteiger partial charge in [-0.25, -0.2) is 4.72 Å². The summed E-state index contributed by atoms with van der Waals surface area (Å²) in [4.78, 5) is 11.2. The molecule has 0 aliphatic rings. The summed E-state index contributed by atoms with van der Waals surface area (Å²) in [6.45, 7) is 6.71. The van der Waals surface area contributed by atoms with Crippen molar-refractivity contribution in [2.24, 2.45) is 0 Å². The first-order valence-corrected chi connectivity index (χ1v) is 12.4. The molecule has 1 atom stereocenters. The number of ether oxygens (including phenoxy) is 3. The summed E-state index contributed by atoms with van der Waals surface area (Å²) in [6.07, 6.45) is 0.177. The van der Waals surface area contributed by atoms with E-state index >= 15 is 0 Å². The van der Waals surface area contributed by atoms with Crippen molar-refractivity contribution in [3.8, 4) is 11.5 Å². The molecular weight excluding hydrogens is 509 g/mol. The van der Waals surface area contributed by atoms with E-state index in [-0.39, 0.29) is 17.9 Å². The Hall–Kier alpha value is -1.35. The number of carbonyl (C=O) groups excluding carboxylic acids is 1. The molecule has 2 aromatic carbocycles. The van der Waals surface area contributed by atoms with Gasteiger partial charge in [0.1, 0.15) is 18.5 Å². The van der Waals surface area contributed by atoms with Gasteiger partial charge in [-0.1, -0.05) is 49.2 Å². The molecule has 2 rings (SSSR count). The highest BCUT2D eigenvalue weighted by Gasteiger charge is 2.26. The summed E-state index contributed by atoms with van der Waals surface area (Å²) in [5, 5.41) is 0.715. The fourth-order valence-electron chi connectivity index (χ4n) is 3.09. The van der Waals surface area contributed by atoms with Crippen LogP contribution in [0, 0.1) is 0 Å². The number of nitrogens with one attached hydrogen (secondary N) is 1. The van der Waals surface area contributed by atoms with E-state index in [0.29, 0.717) is 41.2 Å². The van der Waals surface area contributed by atoms with E-state index in [2.05, 4.69) is 18.6 Å². The average molecular weight is 537 g/mol. The Bertz CT molecular complexity index is 888. The summed E-state index contributed by atoms with van der Waals surface area (Å²) in [5.41, 5.74) is 1.59. The van der Waals surface area contributed by atoms with Crippen LogP contribution in [0.4, 0.5) is 0 Å². The summed E-state index contributed by atoms with van der Waals surface area (Å²) in [6, 6.07) is 11.5. The zero-order chi connectivity index (χ0) is 24.4. The van der Waals surface area contributed by atoms with Crippen molar-refractivity contribution in [3.63, 3.8) is 0 Å². The monoisotopic (exact) mass is 535 g/mol. The van der Waals surface area contributed by atoms with E-state index < -0.39 is 12.1 Å². The van der Waals surface area contributed by atoms with Gasteiger partial charge in [-0.3, -0.25) is 4.79 Å². The molecule has 0 aromatic heterocycles. The quantitative estimate of drug-likeness (QED) is 0.102. The van der Waals surface area contributed by atoms with Gasteiger partial charge < -0.3 is 18.8 Å². The molecule has 0 spiro atoms. The van der Waals surface area contributed by atoms with Crippen LogP contribution in [0.5, 0.6) is 11.5 Å². The number of benzene rings is 2. The van der Waals surface area contributed by atoms with E-state index in [1.165, 1.54) is 6.92 Å². The van der Waals surface area contributed by atoms with Crippen LogP contribution in [0.3, 0.4) is 0 Å². The average Bonchev–Trinajstić information content (AvgIpc) is 2.77. The van der Waals surface area contributed by atoms with Crippen LogP contribution < -0.4 is 14.2 Å². The summed E-state index contributed by atoms with van der Waals surface area (Å²) >= 11 is 19.4. The zero-order valence-electron chi connectivity index (χ0n) is 18.7. The van der Waals surface area contributed by atoms with Crippen molar-refractivity contribution in [1.29, 1.82) is 0 Å². The van der Waals surface area contributed by atoms with Gasteiger partial charge in [-0.2, -0.15) is 0 Å². The number of rotatable bonds is 13. The van der Waals surface area contributed by atoms with Gasteiger partial charge in [-0.15, -0.1) is 11.6 Å². The van der Waals surface area contributed by atoms with E-state index in [0.717, 1.165) is 23.3 Å². The Balaban J connectivity index is 2.10. The highest BCUT2D eigenvalue weighted by Crippen LogP contribution is 2.40. The SMILES string of the molecule is CC(=O)OC(CCl)COc1c(Cl)cc(C(C)(C)c2ccc(OCCCNSO)cc2)cc1Cl. The molecule has 6 nitrogen and oxygen atoms in total. The van der Waals surface area contributed by atoms with Crippen molar-refractivity contribution in [2.75, 3.05) is 25.6 Å². The van der Waals surface area contributed by atoms with Crippen LogP contribution in [0.1, 0.15) is 38.3 Å². The van der Waals surface area contributed by atoms with Crippen molar-refractivity contribution in [3.05, 3.63) is 57.6 Å². The predicted molar refractivity (Wildman–Crippen MR) is 135 cm³/mol. The van der Waals surface area contributed by atoms with Crippen molar-refractivity contribution in [1.82, 2.24) is 4.72 Å². The Morgan fingerprint density at radius 3 is 2.30 bits per heavy atom. The lowest BCUT2D eigenvalue weighted by Crippen LogP contribution is -2.26. The molecule has 0 radical (unpaired) electrons. The maximum Gasteiger partial charge on any atom is 0.303 e. The lowest BCUT2D eigenvalue weighted by molar-refractivity contribution is -0.146. The molecule has 0 saturated carbocycles. The molecule has 1 unspecified atom stereocenters. The third-order valence-corrected chi connectivity index (χ3v) is 6.21. The van der Waals surface area contributed by atoms with E-state index in [1.54, 1.807) is 0 Å². The van der Waals surface area contributed by atoms with Gasteiger partial charge >= 0.3 is 5.97 Å². The molecule has 2 aromatic rings. The van der Waals surface area contributed by atoms with Crippen LogP contribution in [-0.2, 0) is 14.9 Å². The fraction of sp³-hybridized carbons (Fsp3) is 0.435. The maximum atomic E-state index is 11.2. The van der Waals surface area contributed by atoms with Crippen LogP contribution in [-0.4, -0.2) is 42.3 Å². The van der Waals surface area contributed by atoms with Crippen molar-refractivity contribution < 1.29 is 23.6 Å². The minimum Gasteiger partial charge on any atom is -0.494 e. The molecule has 0 aliphatic heterocycles. The molecule has 33 heavy (non-hydrogen) atoms. The lowest BCUT2D eigenvalue weighted by atomic mass is 9.78. The highest BCUT2D eigenvalue weighted by atomic mass is 35.5. The molecule has 0 amide bonds. The highest BCUT2D eigenvalue weighted by molar-refractivity contribution is 7.91. The first-order valence-electron chi connectivity index (χ1n) is 10.3. The van der Waals surface area contributed by atoms with E-state index in [4.69, 9.17) is 53.6 Å². The Kier molecular flexibility index (Phi) is 11.4. The summed E-state index contributed by atoms with van der Waals surface area (Å²) < 4.78 is 27.9. The minimum atomic E-state index is -0.599. The predicted octanol–water partition coefficient (Wildman–Crippen LogP) is 6.35. The number of carbonyl (C=O) groups is 1. The van der Waals surface area contributed by atoms with Crippen molar-refractivity contribution >= 4 is 53.0 Å². The van der Waals surface area contributed by atoms with Crippen LogP contribution in [0.25, 0.3) is 0 Å². The van der Waals surface area contributed by atoms with Gasteiger partial charge in [0.05, 0.1) is 34.8 Å². The number of alkyl halides is 1. The first kappa shape index (κ1) is 27.9. The van der Waals surface area contributed by atoms with Crippen molar-refractivity contribution in [2.45, 2.75) is 38.7 Å². The van der Waals surface area contributed by atoms with Gasteiger partial charge in [0.2, 0.25) is 0 Å². The third-order valence-electron chi connectivity index (χ3n) is 4.97. The topological polar surface area (TPSA) is 77.0 Å². The van der Waals surface area contributed by atoms with E-state index in [9.17, 15) is 4.79 Å².